The molecule has 0 bridgehead atoms. The third-order valence-electron chi connectivity index (χ3n) is 4.86. The maximum atomic E-state index is 12.8. The molecule has 3 heterocycles. The lowest BCUT2D eigenvalue weighted by Crippen LogP contribution is -2.71. The number of carbonyl (C=O) groups excluding carboxylic acids is 3. The smallest absolute Gasteiger partial charge is 0.408 e. The molecule has 12 heteroatoms. The van der Waals surface area contributed by atoms with E-state index in [1.54, 1.807) is 31.6 Å². The summed E-state index contributed by atoms with van der Waals surface area (Å²) in [6.45, 7) is 9.46. The van der Waals surface area contributed by atoms with Gasteiger partial charge in [0.25, 0.3) is 0 Å². The molecule has 2 saturated heterocycles. The van der Waals surface area contributed by atoms with Gasteiger partial charge in [-0.05, 0) is 34.6 Å². The van der Waals surface area contributed by atoms with Gasteiger partial charge in [-0.15, -0.1) is 16.9 Å². The molecule has 3 atom stereocenters. The predicted octanol–water partition coefficient (Wildman–Crippen LogP) is 0.659. The van der Waals surface area contributed by atoms with Crippen LogP contribution in [-0.2, 0) is 32.2 Å². The van der Waals surface area contributed by atoms with Crippen LogP contribution in [0.4, 0.5) is 4.79 Å². The number of β-lactam (4-membered cyclic amide) rings is 1. The van der Waals surface area contributed by atoms with Crippen molar-refractivity contribution in [3.05, 3.63) is 11.9 Å². The van der Waals surface area contributed by atoms with Crippen LogP contribution in [0.25, 0.3) is 0 Å². The molecule has 2 aliphatic heterocycles. The number of aromatic nitrogens is 3. The summed E-state index contributed by atoms with van der Waals surface area (Å²) >= 11 is 1.46. The Bertz CT molecular complexity index is 851. The summed E-state index contributed by atoms with van der Waals surface area (Å²) in [5.41, 5.74) is -0.199. The fourth-order valence-corrected chi connectivity index (χ4v) is 5.18. The van der Waals surface area contributed by atoms with Crippen LogP contribution < -0.4 is 5.32 Å². The molecule has 1 aromatic rings. The zero-order chi connectivity index (χ0) is 23.0. The minimum Gasteiger partial charge on any atom is -0.464 e. The highest BCUT2D eigenvalue weighted by Gasteiger charge is 2.64. The molecule has 172 valence electrons. The SMILES string of the molecule is CC(C)(C)OC(=O)N[C@@H]1C(=O)N2[C@@H]1SC(C)(C)[C@@H]2C(=O)OCCCn1cc(CO)nn1. The van der Waals surface area contributed by atoms with Crippen LogP contribution in [-0.4, -0.2) is 77.4 Å². The maximum Gasteiger partial charge on any atom is 0.408 e. The van der Waals surface area contributed by atoms with Gasteiger partial charge in [0.05, 0.1) is 19.4 Å². The molecule has 0 radical (unpaired) electrons. The number of aliphatic hydroxyl groups is 1. The van der Waals surface area contributed by atoms with E-state index in [9.17, 15) is 14.4 Å². The normalized spacial score (nSPS) is 24.4. The molecule has 0 aromatic carbocycles. The quantitative estimate of drug-likeness (QED) is 0.345. The summed E-state index contributed by atoms with van der Waals surface area (Å²) in [6, 6.07) is -1.47. The number of aryl methyl sites for hydroxylation is 1. The van der Waals surface area contributed by atoms with Crippen LogP contribution in [0.1, 0.15) is 46.7 Å². The Labute approximate surface area is 184 Å². The van der Waals surface area contributed by atoms with E-state index in [4.69, 9.17) is 14.6 Å². The average Bonchev–Trinajstić information content (AvgIpc) is 3.21. The van der Waals surface area contributed by atoms with Gasteiger partial charge in [0.2, 0.25) is 5.91 Å². The molecule has 3 rings (SSSR count). The van der Waals surface area contributed by atoms with Crippen LogP contribution >= 0.6 is 11.8 Å². The number of hydrogen-bond donors (Lipinski definition) is 2. The first-order chi connectivity index (χ1) is 14.4. The highest BCUT2D eigenvalue weighted by molar-refractivity contribution is 8.01. The van der Waals surface area contributed by atoms with Crippen LogP contribution in [0.3, 0.4) is 0 Å². The van der Waals surface area contributed by atoms with Gasteiger partial charge in [0, 0.05) is 17.7 Å². The van der Waals surface area contributed by atoms with Gasteiger partial charge in [-0.2, -0.15) is 0 Å². The number of alkyl carbamates (subject to hydrolysis) is 1. The van der Waals surface area contributed by atoms with Crippen molar-refractivity contribution < 1.29 is 29.0 Å². The minimum absolute atomic E-state index is 0.163. The van der Waals surface area contributed by atoms with E-state index >= 15 is 0 Å². The molecule has 2 aliphatic rings. The zero-order valence-electron chi connectivity index (χ0n) is 18.3. The van der Waals surface area contributed by atoms with Crippen LogP contribution in [0.15, 0.2) is 6.20 Å². The van der Waals surface area contributed by atoms with Gasteiger partial charge < -0.3 is 24.8 Å². The second-order valence-corrected chi connectivity index (χ2v) is 10.8. The van der Waals surface area contributed by atoms with Gasteiger partial charge in [0.1, 0.15) is 28.8 Å². The third-order valence-corrected chi connectivity index (χ3v) is 6.43. The standard InChI is InChI=1S/C19H29N5O6S/c1-18(2,3)30-17(28)20-12-14(26)24-13(19(4,5)31-15(12)24)16(27)29-8-6-7-23-9-11(10-25)21-22-23/h9,12-13,15,25H,6-8,10H2,1-5H3,(H,20,28)/t12-,13+,15-/m1/s1. The van der Waals surface area contributed by atoms with Crippen molar-refractivity contribution in [1.29, 1.82) is 0 Å². The monoisotopic (exact) mass is 455 g/mol. The maximum absolute atomic E-state index is 12.8. The summed E-state index contributed by atoms with van der Waals surface area (Å²) in [5.74, 6) is -0.797. The van der Waals surface area contributed by atoms with Crippen LogP contribution in [0.5, 0.6) is 0 Å². The van der Waals surface area contributed by atoms with E-state index < -0.39 is 34.5 Å². The van der Waals surface area contributed by atoms with E-state index in [1.165, 1.54) is 16.7 Å². The number of aliphatic hydroxyl groups excluding tert-OH is 1. The van der Waals surface area contributed by atoms with E-state index in [-0.39, 0.29) is 24.5 Å². The Hall–Kier alpha value is -2.34. The molecule has 0 spiro atoms. The molecule has 0 saturated carbocycles. The van der Waals surface area contributed by atoms with Gasteiger partial charge in [0.15, 0.2) is 0 Å². The second kappa shape index (κ2) is 8.65. The topological polar surface area (TPSA) is 136 Å². The summed E-state index contributed by atoms with van der Waals surface area (Å²) in [4.78, 5) is 39.0. The Morgan fingerprint density at radius 2 is 2.06 bits per heavy atom. The molecule has 2 fully saturated rings. The molecular weight excluding hydrogens is 426 g/mol. The first kappa shape index (κ1) is 23.3. The van der Waals surface area contributed by atoms with Crippen LogP contribution in [0, 0.1) is 0 Å². The number of carbonyl (C=O) groups is 3. The largest absolute Gasteiger partial charge is 0.464 e. The number of fused-ring (bicyclic) bond motifs is 1. The minimum atomic E-state index is -0.737. The molecule has 2 amide bonds. The summed E-state index contributed by atoms with van der Waals surface area (Å²) in [7, 11) is 0. The lowest BCUT2D eigenvalue weighted by atomic mass is 9.96. The first-order valence-electron chi connectivity index (χ1n) is 10.1. The molecular formula is C19H29N5O6S. The van der Waals surface area contributed by atoms with Crippen LogP contribution in [0.2, 0.25) is 0 Å². The van der Waals surface area contributed by atoms with Crippen molar-refractivity contribution in [1.82, 2.24) is 25.2 Å². The van der Waals surface area contributed by atoms with Crippen molar-refractivity contribution in [3.8, 4) is 0 Å². The number of amides is 2. The molecule has 31 heavy (non-hydrogen) atoms. The summed E-state index contributed by atoms with van der Waals surface area (Å²) in [6.07, 6.45) is 1.48. The van der Waals surface area contributed by atoms with E-state index in [1.807, 2.05) is 13.8 Å². The summed E-state index contributed by atoms with van der Waals surface area (Å²) in [5, 5.41) is 18.9. The second-order valence-electron chi connectivity index (χ2n) is 9.04. The number of ether oxygens (including phenoxy) is 2. The molecule has 1 aromatic heterocycles. The van der Waals surface area contributed by atoms with Crippen molar-refractivity contribution in [3.63, 3.8) is 0 Å². The number of esters is 1. The van der Waals surface area contributed by atoms with E-state index in [2.05, 4.69) is 15.6 Å². The number of thioether (sulfide) groups is 1. The molecule has 11 nitrogen and oxygen atoms in total. The van der Waals surface area contributed by atoms with Crippen molar-refractivity contribution in [2.75, 3.05) is 6.61 Å². The number of nitrogens with one attached hydrogen (secondary N) is 1. The summed E-state index contributed by atoms with van der Waals surface area (Å²) < 4.78 is 11.7. The van der Waals surface area contributed by atoms with Crippen molar-refractivity contribution in [2.45, 2.75) is 82.0 Å². The van der Waals surface area contributed by atoms with E-state index in [0.717, 1.165) is 0 Å². The third kappa shape index (κ3) is 5.12. The highest BCUT2D eigenvalue weighted by Crippen LogP contribution is 2.51. The first-order valence-corrected chi connectivity index (χ1v) is 11.0. The van der Waals surface area contributed by atoms with Gasteiger partial charge in [-0.25, -0.2) is 9.59 Å². The Kier molecular flexibility index (Phi) is 6.51. The fraction of sp³-hybridized carbons (Fsp3) is 0.737. The molecule has 2 N–H and O–H groups in total. The Balaban J connectivity index is 1.52. The Morgan fingerprint density at radius 3 is 2.68 bits per heavy atom. The molecule has 0 aliphatic carbocycles. The Morgan fingerprint density at radius 1 is 1.35 bits per heavy atom. The van der Waals surface area contributed by atoms with Gasteiger partial charge >= 0.3 is 12.1 Å². The number of rotatable bonds is 7. The zero-order valence-corrected chi connectivity index (χ0v) is 19.1. The predicted molar refractivity (Wildman–Crippen MR) is 111 cm³/mol. The van der Waals surface area contributed by atoms with Crippen molar-refractivity contribution in [2.24, 2.45) is 0 Å². The highest BCUT2D eigenvalue weighted by atomic mass is 32.2. The average molecular weight is 456 g/mol. The molecule has 0 unspecified atom stereocenters. The van der Waals surface area contributed by atoms with E-state index in [0.29, 0.717) is 18.7 Å². The number of hydrogen-bond acceptors (Lipinski definition) is 9. The number of nitrogens with zero attached hydrogens (tertiary/aromatic N) is 4. The lowest BCUT2D eigenvalue weighted by Gasteiger charge is -2.43. The van der Waals surface area contributed by atoms with Crippen molar-refractivity contribution >= 4 is 29.7 Å². The van der Waals surface area contributed by atoms with Gasteiger partial charge in [-0.3, -0.25) is 9.48 Å². The lowest BCUT2D eigenvalue weighted by molar-refractivity contribution is -0.163. The van der Waals surface area contributed by atoms with Gasteiger partial charge in [-0.1, -0.05) is 5.21 Å². The fourth-order valence-electron chi connectivity index (χ4n) is 3.56.